The van der Waals surface area contributed by atoms with Crippen LogP contribution >= 0.6 is 36.2 Å². The fourth-order valence-electron chi connectivity index (χ4n) is 10.8. The summed E-state index contributed by atoms with van der Waals surface area (Å²) in [5.74, 6) is 1.28. The van der Waals surface area contributed by atoms with Crippen LogP contribution in [0.15, 0.2) is 0 Å². The van der Waals surface area contributed by atoms with Crippen LogP contribution in [0.4, 0.5) is 4.79 Å². The normalized spacial score (nSPS) is 11.4. The molecule has 0 spiro atoms. The molecule has 0 aliphatic heterocycles. The van der Waals surface area contributed by atoms with E-state index >= 15 is 0 Å². The summed E-state index contributed by atoms with van der Waals surface area (Å²) >= 11 is 10.6. The zero-order valence-corrected chi connectivity index (χ0v) is 63.4. The summed E-state index contributed by atoms with van der Waals surface area (Å²) in [6.07, 6.45) is 51.6. The van der Waals surface area contributed by atoms with Gasteiger partial charge in [0.2, 0.25) is 0 Å². The van der Waals surface area contributed by atoms with Crippen LogP contribution in [0.2, 0.25) is 0 Å². The van der Waals surface area contributed by atoms with Crippen molar-refractivity contribution < 1.29 is 42.9 Å². The van der Waals surface area contributed by atoms with E-state index in [1.807, 2.05) is 19.0 Å². The molecular weight excluding hydrogens is 1190 g/mol. The number of thioether (sulfide) groups is 1. The number of nitrogens with zero attached hydrogens (tertiary/aromatic N) is 3. The van der Waals surface area contributed by atoms with Crippen LogP contribution in [0.5, 0.6) is 0 Å². The SMILES string of the molecule is CCCCCCC(CCCCCC)OC(=O)CCCCCCCCC(=O)OC(CCCCC)CCCCC.CCCCCCC(CCCCCC)OC(=O)CCCN(CCCCC(=O)OC(CCCCC)CCCCC)C(=O)SCCN(C)C.CN(Cl)CCS. The van der Waals surface area contributed by atoms with Gasteiger partial charge in [0.05, 0.1) is 0 Å². The lowest BCUT2D eigenvalue weighted by Crippen LogP contribution is -2.31. The molecule has 0 aromatic carbocycles. The van der Waals surface area contributed by atoms with Crippen molar-refractivity contribution in [2.45, 2.75) is 394 Å². The topological polar surface area (TPSA) is 132 Å². The molecule has 0 aliphatic carbocycles. The minimum atomic E-state index is -0.140. The average molecular weight is 1340 g/mol. The summed E-state index contributed by atoms with van der Waals surface area (Å²) in [5, 5.41) is 0.0504. The lowest BCUT2D eigenvalue weighted by molar-refractivity contribution is -0.151. The Morgan fingerprint density at radius 1 is 0.333 bits per heavy atom. The Bertz CT molecular complexity index is 1520. The molecule has 0 bridgehead atoms. The molecule has 0 saturated carbocycles. The second-order valence-corrected chi connectivity index (χ2v) is 28.0. The highest BCUT2D eigenvalue weighted by Crippen LogP contribution is 2.22. The zero-order chi connectivity index (χ0) is 67.4. The van der Waals surface area contributed by atoms with Crippen LogP contribution in [-0.4, -0.2) is 127 Å². The molecule has 0 atom stereocenters. The molecule has 1 amide bonds. The molecule has 0 saturated heterocycles. The number of esters is 4. The first-order valence-corrected chi connectivity index (χ1v) is 39.9. The summed E-state index contributed by atoms with van der Waals surface area (Å²) in [7, 11) is 5.82. The number of halogens is 1. The van der Waals surface area contributed by atoms with E-state index in [1.165, 1.54) is 140 Å². The number of unbranched alkanes of at least 4 members (excludes halogenated alkanes) is 26. The Hall–Kier alpha value is -1.74. The molecule has 15 heteroatoms. The summed E-state index contributed by atoms with van der Waals surface area (Å²) in [4.78, 5) is 67.3. The Balaban J connectivity index is -0.00000156. The van der Waals surface area contributed by atoms with Crippen LogP contribution in [-0.2, 0) is 38.1 Å². The predicted octanol–water partition coefficient (Wildman–Crippen LogP) is 22.6. The van der Waals surface area contributed by atoms with E-state index in [9.17, 15) is 24.0 Å². The second kappa shape index (κ2) is 73.1. The van der Waals surface area contributed by atoms with Crippen molar-refractivity contribution in [3.8, 4) is 0 Å². The molecule has 0 aromatic heterocycles. The molecule has 0 radical (unpaired) electrons. The first kappa shape index (κ1) is 92.4. The first-order chi connectivity index (χ1) is 43.6. The van der Waals surface area contributed by atoms with Gasteiger partial charge in [-0.2, -0.15) is 12.6 Å². The molecule has 0 aliphatic rings. The molecule has 12 nitrogen and oxygen atoms in total. The minimum absolute atomic E-state index is 0.00356. The highest BCUT2D eigenvalue weighted by atomic mass is 35.5. The highest BCUT2D eigenvalue weighted by Gasteiger charge is 2.20. The summed E-state index contributed by atoms with van der Waals surface area (Å²) in [5.41, 5.74) is 0. The smallest absolute Gasteiger partial charge is 0.306 e. The average Bonchev–Trinajstić information content (AvgIpc) is 3.70. The van der Waals surface area contributed by atoms with Gasteiger partial charge in [-0.05, 0) is 161 Å². The van der Waals surface area contributed by atoms with Gasteiger partial charge >= 0.3 is 23.9 Å². The van der Waals surface area contributed by atoms with Gasteiger partial charge in [0.15, 0.2) is 0 Å². The lowest BCUT2D eigenvalue weighted by atomic mass is 10.0. The molecule has 0 N–H and O–H groups in total. The van der Waals surface area contributed by atoms with Crippen LogP contribution in [0.3, 0.4) is 0 Å². The summed E-state index contributed by atoms with van der Waals surface area (Å²) in [6, 6.07) is 0. The lowest BCUT2D eigenvalue weighted by Gasteiger charge is -2.23. The van der Waals surface area contributed by atoms with E-state index in [0.29, 0.717) is 51.6 Å². The van der Waals surface area contributed by atoms with Crippen LogP contribution < -0.4 is 0 Å². The van der Waals surface area contributed by atoms with E-state index in [1.54, 1.807) is 11.5 Å². The van der Waals surface area contributed by atoms with Gasteiger partial charge in [-0.1, -0.05) is 221 Å². The third-order valence-corrected chi connectivity index (χ3v) is 17.8. The fraction of sp³-hybridized carbons (Fsp3) is 0.933. The van der Waals surface area contributed by atoms with Crippen molar-refractivity contribution in [3.63, 3.8) is 0 Å². The Morgan fingerprint density at radius 3 is 0.844 bits per heavy atom. The van der Waals surface area contributed by atoms with Gasteiger partial charge in [-0.15, -0.1) is 0 Å². The van der Waals surface area contributed by atoms with Gasteiger partial charge in [-0.25, -0.2) is 4.42 Å². The molecule has 0 heterocycles. The van der Waals surface area contributed by atoms with Gasteiger partial charge < -0.3 is 28.7 Å². The van der Waals surface area contributed by atoms with Gasteiger partial charge in [0.25, 0.3) is 5.24 Å². The number of hydrogen-bond acceptors (Lipinski definition) is 13. The largest absolute Gasteiger partial charge is 0.462 e. The zero-order valence-electron chi connectivity index (χ0n) is 60.9. The fourth-order valence-corrected chi connectivity index (χ4v) is 12.3. The van der Waals surface area contributed by atoms with Crippen molar-refractivity contribution in [3.05, 3.63) is 0 Å². The van der Waals surface area contributed by atoms with E-state index < -0.39 is 0 Å². The van der Waals surface area contributed by atoms with Crippen molar-refractivity contribution in [2.75, 3.05) is 58.8 Å². The number of carbonyl (C=O) groups excluding carboxylic acids is 5. The van der Waals surface area contributed by atoms with Gasteiger partial charge in [-0.3, -0.25) is 24.0 Å². The van der Waals surface area contributed by atoms with Crippen molar-refractivity contribution >= 4 is 65.3 Å². The minimum Gasteiger partial charge on any atom is -0.462 e. The number of ether oxygens (including phenoxy) is 4. The van der Waals surface area contributed by atoms with E-state index in [0.717, 1.165) is 172 Å². The quantitative estimate of drug-likeness (QED) is 0.0204. The standard InChI is InChI=1S/C38H74N2O5S.C34H66O4.C3H8ClNS/c1-7-11-15-19-26-35(27-20-16-12-8-2)45-37(42)29-23-31-40(38(43)46-33-32-39(5)6)30-22-21-28-36(41)44-34(24-17-13-9-3)25-18-14-10-4;1-5-9-13-21-27-32(28-22-14-10-6-2)38-34(36)30-24-18-16-15-17-23-29-33(35)37-31(25-19-11-7-3)26-20-12-8-4;1-5(4)2-3-6/h34-35H,7-33H2,1-6H3;31-32H,5-30H2,1-4H3;6H,2-3H2,1H3. The van der Waals surface area contributed by atoms with E-state index in [2.05, 4.69) is 72.9 Å². The molecular formula is C75H148ClN3O9S2. The predicted molar refractivity (Wildman–Crippen MR) is 391 cm³/mol. The molecule has 0 rings (SSSR count). The first-order valence-electron chi connectivity index (χ1n) is 37.9. The molecule has 0 fully saturated rings. The van der Waals surface area contributed by atoms with Crippen LogP contribution in [0.1, 0.15) is 370 Å². The van der Waals surface area contributed by atoms with Crippen LogP contribution in [0.25, 0.3) is 0 Å². The van der Waals surface area contributed by atoms with Gasteiger partial charge in [0, 0.05) is 70.4 Å². The molecule has 0 unspecified atom stereocenters. The molecule has 536 valence electrons. The van der Waals surface area contributed by atoms with E-state index in [-0.39, 0.29) is 53.5 Å². The third-order valence-electron chi connectivity index (χ3n) is 16.5. The summed E-state index contributed by atoms with van der Waals surface area (Å²) < 4.78 is 25.1. The molecule has 90 heavy (non-hydrogen) atoms. The van der Waals surface area contributed by atoms with Crippen molar-refractivity contribution in [2.24, 2.45) is 0 Å². The Kier molecular flexibility index (Phi) is 75.1. The number of amides is 1. The number of carbonyl (C=O) groups is 5. The molecule has 0 aromatic rings. The maximum atomic E-state index is 13.1. The van der Waals surface area contributed by atoms with E-state index in [4.69, 9.17) is 30.7 Å². The Morgan fingerprint density at radius 2 is 0.578 bits per heavy atom. The monoisotopic (exact) mass is 1330 g/mol. The maximum absolute atomic E-state index is 13.1. The Labute approximate surface area is 572 Å². The number of rotatable bonds is 63. The second-order valence-electron chi connectivity index (χ2n) is 26.0. The number of thiol groups is 1. The van der Waals surface area contributed by atoms with Crippen molar-refractivity contribution in [1.82, 2.24) is 14.2 Å². The van der Waals surface area contributed by atoms with Crippen molar-refractivity contribution in [1.29, 1.82) is 0 Å². The number of hydrogen-bond donors (Lipinski definition) is 1. The summed E-state index contributed by atoms with van der Waals surface area (Å²) in [6.45, 7) is 20.5. The van der Waals surface area contributed by atoms with Crippen LogP contribution in [0, 0.1) is 0 Å². The third kappa shape index (κ3) is 69.1. The van der Waals surface area contributed by atoms with Gasteiger partial charge in [0.1, 0.15) is 24.4 Å². The highest BCUT2D eigenvalue weighted by molar-refractivity contribution is 8.13. The maximum Gasteiger partial charge on any atom is 0.306 e.